The average Bonchev–Trinajstić information content (AvgIpc) is 2.42. The van der Waals surface area contributed by atoms with E-state index in [1.165, 1.54) is 21.1 Å². The highest BCUT2D eigenvalue weighted by Gasteiger charge is 2.20. The summed E-state index contributed by atoms with van der Waals surface area (Å²) in [5.74, 6) is -2.30. The van der Waals surface area contributed by atoms with Crippen LogP contribution in [0.5, 0.6) is 0 Å². The minimum absolute atomic E-state index is 0.428. The molecule has 0 saturated carbocycles. The van der Waals surface area contributed by atoms with Gasteiger partial charge in [-0.2, -0.15) is 8.42 Å². The molecule has 0 aromatic carbocycles. The van der Waals surface area contributed by atoms with Crippen molar-refractivity contribution >= 4 is 22.3 Å². The summed E-state index contributed by atoms with van der Waals surface area (Å²) in [7, 11) is -1.90. The van der Waals surface area contributed by atoms with Crippen molar-refractivity contribution < 1.29 is 51.9 Å². The maximum absolute atomic E-state index is 10.1. The van der Waals surface area contributed by atoms with Crippen molar-refractivity contribution in [3.8, 4) is 0 Å². The van der Waals surface area contributed by atoms with Crippen LogP contribution in [0, 0.1) is 0 Å². The van der Waals surface area contributed by atoms with Crippen LogP contribution in [0.1, 0.15) is 13.8 Å². The number of nitrogens with two attached hydrogens (primary N) is 1. The minimum Gasteiger partial charge on any atom is -0.480 e. The van der Waals surface area contributed by atoms with E-state index >= 15 is 0 Å². The average molecular weight is 365 g/mol. The minimum atomic E-state index is -4.67. The number of hydrogen-bond acceptors (Lipinski definition) is 8. The molecule has 0 aromatic heterocycles. The number of rotatable bonds is 6. The van der Waals surface area contributed by atoms with Crippen LogP contribution in [0.25, 0.3) is 0 Å². The summed E-state index contributed by atoms with van der Waals surface area (Å²) < 4.78 is 40.8. The van der Waals surface area contributed by atoms with Gasteiger partial charge in [0.15, 0.2) is 6.10 Å². The highest BCUT2D eigenvalue weighted by molar-refractivity contribution is 7.79. The second-order valence-corrected chi connectivity index (χ2v) is 4.87. The van der Waals surface area contributed by atoms with Gasteiger partial charge >= 0.3 is 22.3 Å². The molecule has 13 heteroatoms. The summed E-state index contributed by atoms with van der Waals surface area (Å²) >= 11 is 0. The van der Waals surface area contributed by atoms with Gasteiger partial charge < -0.3 is 30.5 Å². The molecule has 0 heterocycles. The Morgan fingerprint density at radius 2 is 1.26 bits per heavy atom. The first-order chi connectivity index (χ1) is 10.2. The number of aliphatic hydroxyl groups excluding tert-OH is 1. The van der Waals surface area contributed by atoms with Crippen LogP contribution < -0.4 is 5.73 Å². The zero-order valence-electron chi connectivity index (χ0n) is 13.0. The molecule has 0 aliphatic rings. The lowest BCUT2D eigenvalue weighted by molar-refractivity contribution is -0.153. The predicted octanol–water partition coefficient (Wildman–Crippen LogP) is -1.75. The lowest BCUT2D eigenvalue weighted by atomic mass is 10.2. The number of carboxylic acid groups (broad SMARTS) is 2. The van der Waals surface area contributed by atoms with Gasteiger partial charge in [-0.15, -0.1) is 0 Å². The van der Waals surface area contributed by atoms with Gasteiger partial charge in [0.1, 0.15) is 6.04 Å². The topological polar surface area (TPSA) is 214 Å². The zero-order valence-corrected chi connectivity index (χ0v) is 13.8. The summed E-state index contributed by atoms with van der Waals surface area (Å²) in [4.78, 5) is 20.1. The van der Waals surface area contributed by atoms with Crippen molar-refractivity contribution in [2.45, 2.75) is 38.2 Å². The van der Waals surface area contributed by atoms with E-state index in [1.807, 2.05) is 0 Å². The molecule has 4 atom stereocenters. The fourth-order valence-corrected chi connectivity index (χ4v) is 0.677. The Morgan fingerprint density at radius 3 is 1.35 bits per heavy atom. The van der Waals surface area contributed by atoms with Crippen LogP contribution in [0.4, 0.5) is 0 Å². The number of carboxylic acids is 2. The normalized spacial score (nSPS) is 15.7. The molecule has 0 fully saturated rings. The predicted molar refractivity (Wildman–Crippen MR) is 76.4 cm³/mol. The highest BCUT2D eigenvalue weighted by Crippen LogP contribution is 1.95. The fraction of sp³-hybridized carbons (Fsp3) is 0.800. The van der Waals surface area contributed by atoms with Crippen LogP contribution in [0.15, 0.2) is 0 Å². The molecule has 0 bridgehead atoms. The number of ether oxygens (including phenoxy) is 2. The molecule has 0 amide bonds. The van der Waals surface area contributed by atoms with Gasteiger partial charge in [-0.3, -0.25) is 13.9 Å². The molecule has 23 heavy (non-hydrogen) atoms. The summed E-state index contributed by atoms with van der Waals surface area (Å²) in [6.07, 6.45) is -2.50. The molecule has 0 spiro atoms. The summed E-state index contributed by atoms with van der Waals surface area (Å²) in [5, 5.41) is 25.1. The Hall–Kier alpha value is -1.35. The van der Waals surface area contributed by atoms with E-state index in [0.29, 0.717) is 0 Å². The first kappa shape index (κ1) is 26.5. The first-order valence-corrected chi connectivity index (χ1v) is 7.23. The quantitative estimate of drug-likeness (QED) is 0.289. The van der Waals surface area contributed by atoms with Gasteiger partial charge in [0.05, 0.1) is 12.2 Å². The molecule has 0 aliphatic carbocycles. The molecule has 12 nitrogen and oxygen atoms in total. The molecular formula is C10H23NO11S. The van der Waals surface area contributed by atoms with Crippen molar-refractivity contribution in [3.63, 3.8) is 0 Å². The summed E-state index contributed by atoms with van der Waals surface area (Å²) in [5.41, 5.74) is 5.15. The van der Waals surface area contributed by atoms with Crippen LogP contribution in [0.2, 0.25) is 0 Å². The van der Waals surface area contributed by atoms with Crippen molar-refractivity contribution in [1.82, 2.24) is 0 Å². The Balaban J connectivity index is -0.000000273. The van der Waals surface area contributed by atoms with Crippen LogP contribution in [0.3, 0.4) is 0 Å². The maximum atomic E-state index is 10.1. The van der Waals surface area contributed by atoms with Crippen molar-refractivity contribution in [3.05, 3.63) is 0 Å². The Kier molecular flexibility index (Phi) is 15.1. The molecule has 0 unspecified atom stereocenters. The summed E-state index contributed by atoms with van der Waals surface area (Å²) in [6, 6.07) is -0.921. The molecule has 7 N–H and O–H groups in total. The monoisotopic (exact) mass is 365 g/mol. The second kappa shape index (κ2) is 13.1. The third-order valence-electron chi connectivity index (χ3n) is 2.23. The number of carbonyl (C=O) groups is 2. The number of aliphatic hydroxyl groups is 1. The fourth-order valence-electron chi connectivity index (χ4n) is 0.677. The Bertz CT molecular complexity index is 404. The standard InChI is InChI=1S/C5H11NO3.C5H10O4.H2O4S/c2*1-3(9-2)4(6)5(7)8;1-5(2,3)4/h3-4H,6H2,1-2H3,(H,7,8);3-4,6H,1-2H3,(H,7,8);(H2,1,2,3,4)/t2*3-,4+;/m11./s1. The maximum Gasteiger partial charge on any atom is 0.394 e. The van der Waals surface area contributed by atoms with Gasteiger partial charge in [-0.25, -0.2) is 4.79 Å². The van der Waals surface area contributed by atoms with E-state index in [-0.39, 0.29) is 0 Å². The summed E-state index contributed by atoms with van der Waals surface area (Å²) in [6.45, 7) is 3.09. The van der Waals surface area contributed by atoms with Gasteiger partial charge in [0, 0.05) is 14.2 Å². The van der Waals surface area contributed by atoms with Gasteiger partial charge in [-0.05, 0) is 13.8 Å². The van der Waals surface area contributed by atoms with Crippen LogP contribution >= 0.6 is 0 Å². The molecule has 0 saturated heterocycles. The second-order valence-electron chi connectivity index (χ2n) is 3.98. The largest absolute Gasteiger partial charge is 0.480 e. The van der Waals surface area contributed by atoms with E-state index in [1.54, 1.807) is 6.92 Å². The zero-order chi connectivity index (χ0) is 19.4. The molecule has 0 aromatic rings. The van der Waals surface area contributed by atoms with E-state index in [4.69, 9.17) is 38.6 Å². The highest BCUT2D eigenvalue weighted by atomic mass is 32.3. The SMILES string of the molecule is CO[C@H](C)[C@H](N)C(=O)O.CO[C@H](C)[C@H](O)C(=O)O.O=S(=O)(O)O. The molecule has 0 rings (SSSR count). The Morgan fingerprint density at radius 1 is 0.957 bits per heavy atom. The third-order valence-corrected chi connectivity index (χ3v) is 2.23. The van der Waals surface area contributed by atoms with E-state index in [9.17, 15) is 9.59 Å². The van der Waals surface area contributed by atoms with E-state index < -0.39 is 46.7 Å². The lowest BCUT2D eigenvalue weighted by Gasteiger charge is -2.12. The van der Waals surface area contributed by atoms with Crippen LogP contribution in [-0.4, -0.2) is 83.4 Å². The smallest absolute Gasteiger partial charge is 0.394 e. The van der Waals surface area contributed by atoms with E-state index in [2.05, 4.69) is 9.47 Å². The first-order valence-electron chi connectivity index (χ1n) is 5.83. The molecule has 0 radical (unpaired) electrons. The Labute approximate surface area is 133 Å². The van der Waals surface area contributed by atoms with Gasteiger partial charge in [-0.1, -0.05) is 0 Å². The van der Waals surface area contributed by atoms with Crippen molar-refractivity contribution in [1.29, 1.82) is 0 Å². The number of methoxy groups -OCH3 is 2. The van der Waals surface area contributed by atoms with E-state index in [0.717, 1.165) is 0 Å². The molecular weight excluding hydrogens is 342 g/mol. The lowest BCUT2D eigenvalue weighted by Crippen LogP contribution is -2.40. The van der Waals surface area contributed by atoms with Crippen molar-refractivity contribution in [2.24, 2.45) is 5.73 Å². The van der Waals surface area contributed by atoms with Gasteiger partial charge in [0.25, 0.3) is 0 Å². The van der Waals surface area contributed by atoms with Crippen molar-refractivity contribution in [2.75, 3.05) is 14.2 Å². The number of hydrogen-bond donors (Lipinski definition) is 6. The third kappa shape index (κ3) is 20.6. The van der Waals surface area contributed by atoms with Gasteiger partial charge in [0.2, 0.25) is 0 Å². The molecule has 140 valence electrons. The number of aliphatic carboxylic acids is 2. The molecule has 0 aliphatic heterocycles. The van der Waals surface area contributed by atoms with Crippen LogP contribution in [-0.2, 0) is 29.5 Å².